The number of aromatic nitrogens is 3. The van der Waals surface area contributed by atoms with Crippen molar-refractivity contribution in [2.24, 2.45) is 10.7 Å². The largest absolute Gasteiger partial charge is 0.382 e. The summed E-state index contributed by atoms with van der Waals surface area (Å²) in [6.07, 6.45) is 0.943. The van der Waals surface area contributed by atoms with Gasteiger partial charge in [-0.2, -0.15) is 0 Å². The summed E-state index contributed by atoms with van der Waals surface area (Å²) in [5.41, 5.74) is 12.1. The molecule has 1 aromatic rings. The van der Waals surface area contributed by atoms with Crippen molar-refractivity contribution in [2.75, 3.05) is 12.3 Å². The second-order valence-corrected chi connectivity index (χ2v) is 3.63. The maximum atomic E-state index is 5.85. The number of rotatable bonds is 4. The smallest absolute Gasteiger partial charge is 0.171 e. The number of anilines is 1. The first-order valence-corrected chi connectivity index (χ1v) is 5.08. The van der Waals surface area contributed by atoms with Crippen LogP contribution >= 0.6 is 0 Å². The molecule has 6 heteroatoms. The van der Waals surface area contributed by atoms with Gasteiger partial charge in [0, 0.05) is 6.54 Å². The number of amidine groups is 1. The van der Waals surface area contributed by atoms with Gasteiger partial charge in [-0.3, -0.25) is 4.99 Å². The van der Waals surface area contributed by atoms with Crippen LogP contribution in [0.2, 0.25) is 0 Å². The summed E-state index contributed by atoms with van der Waals surface area (Å²) in [7, 11) is 0. The molecule has 0 bridgehead atoms. The summed E-state index contributed by atoms with van der Waals surface area (Å²) in [5.74, 6) is 0.837. The number of nitrogen functional groups attached to an aromatic ring is 1. The molecule has 1 rings (SSSR count). The lowest BCUT2D eigenvalue weighted by molar-refractivity contribution is 0.521. The average molecular weight is 210 g/mol. The molecule has 0 fully saturated rings. The molecule has 84 valence electrons. The summed E-state index contributed by atoms with van der Waals surface area (Å²) in [6.45, 7) is 6.67. The van der Waals surface area contributed by atoms with Crippen LogP contribution in [0.25, 0.3) is 0 Å². The molecule has 0 aliphatic rings. The molecule has 0 aliphatic carbocycles. The van der Waals surface area contributed by atoms with Gasteiger partial charge in [-0.25, -0.2) is 4.68 Å². The maximum absolute atomic E-state index is 5.85. The van der Waals surface area contributed by atoms with Crippen LogP contribution in [0.3, 0.4) is 0 Å². The third-order valence-electron chi connectivity index (χ3n) is 1.97. The van der Waals surface area contributed by atoms with E-state index < -0.39 is 0 Å². The van der Waals surface area contributed by atoms with Crippen LogP contribution < -0.4 is 11.5 Å². The van der Waals surface area contributed by atoms with E-state index in [1.54, 1.807) is 4.68 Å². The van der Waals surface area contributed by atoms with E-state index in [2.05, 4.69) is 15.3 Å². The topological polar surface area (TPSA) is 95.1 Å². The lowest BCUT2D eigenvalue weighted by Crippen LogP contribution is -2.17. The van der Waals surface area contributed by atoms with Gasteiger partial charge < -0.3 is 11.5 Å². The van der Waals surface area contributed by atoms with Gasteiger partial charge in [0.1, 0.15) is 0 Å². The van der Waals surface area contributed by atoms with Gasteiger partial charge in [-0.15, -0.1) is 5.10 Å². The van der Waals surface area contributed by atoms with Gasteiger partial charge in [-0.1, -0.05) is 12.1 Å². The fourth-order valence-electron chi connectivity index (χ4n) is 1.17. The van der Waals surface area contributed by atoms with E-state index in [-0.39, 0.29) is 6.04 Å². The molecule has 1 aromatic heterocycles. The number of hydrogen-bond acceptors (Lipinski definition) is 4. The normalized spacial score (nSPS) is 12.4. The fourth-order valence-corrected chi connectivity index (χ4v) is 1.17. The van der Waals surface area contributed by atoms with E-state index in [9.17, 15) is 0 Å². The van der Waals surface area contributed by atoms with E-state index >= 15 is 0 Å². The van der Waals surface area contributed by atoms with Crippen molar-refractivity contribution in [2.45, 2.75) is 33.2 Å². The molecule has 0 spiro atoms. The van der Waals surface area contributed by atoms with Crippen molar-refractivity contribution in [3.63, 3.8) is 0 Å². The van der Waals surface area contributed by atoms with Crippen LogP contribution in [-0.4, -0.2) is 27.4 Å². The summed E-state index contributed by atoms with van der Waals surface area (Å²) in [4.78, 5) is 4.14. The van der Waals surface area contributed by atoms with Crippen LogP contribution in [0, 0.1) is 0 Å². The zero-order valence-electron chi connectivity index (χ0n) is 9.44. The minimum absolute atomic E-state index is 0.172. The molecule has 15 heavy (non-hydrogen) atoms. The second-order valence-electron chi connectivity index (χ2n) is 3.63. The van der Waals surface area contributed by atoms with Crippen molar-refractivity contribution in [3.8, 4) is 0 Å². The maximum Gasteiger partial charge on any atom is 0.171 e. The third-order valence-corrected chi connectivity index (χ3v) is 1.97. The van der Waals surface area contributed by atoms with E-state index in [0.717, 1.165) is 6.42 Å². The molecular formula is C9H18N6. The molecule has 0 aromatic carbocycles. The first kappa shape index (κ1) is 11.5. The Labute approximate surface area is 89.4 Å². The number of aliphatic imine (C=N–C) groups is 1. The van der Waals surface area contributed by atoms with E-state index in [1.807, 2.05) is 20.8 Å². The highest BCUT2D eigenvalue weighted by Crippen LogP contribution is 2.12. The number of hydrogen-bond donors (Lipinski definition) is 2. The zero-order valence-corrected chi connectivity index (χ0v) is 9.44. The van der Waals surface area contributed by atoms with Crippen molar-refractivity contribution in [3.05, 3.63) is 5.69 Å². The number of nitrogens with zero attached hydrogens (tertiary/aromatic N) is 4. The molecule has 6 nitrogen and oxygen atoms in total. The summed E-state index contributed by atoms with van der Waals surface area (Å²) < 4.78 is 1.63. The van der Waals surface area contributed by atoms with Gasteiger partial charge in [-0.05, 0) is 20.3 Å². The van der Waals surface area contributed by atoms with Crippen LogP contribution in [0.4, 0.5) is 5.82 Å². The van der Waals surface area contributed by atoms with Crippen molar-refractivity contribution < 1.29 is 0 Å². The first-order valence-electron chi connectivity index (χ1n) is 5.08. The Hall–Kier alpha value is -1.59. The molecule has 0 radical (unpaired) electrons. The number of nitrogens with two attached hydrogens (primary N) is 2. The van der Waals surface area contributed by atoms with Crippen LogP contribution in [0.15, 0.2) is 4.99 Å². The fraction of sp³-hybridized carbons (Fsp3) is 0.667. The van der Waals surface area contributed by atoms with E-state index in [0.29, 0.717) is 23.9 Å². The van der Waals surface area contributed by atoms with Crippen LogP contribution in [-0.2, 0) is 0 Å². The Morgan fingerprint density at radius 3 is 2.67 bits per heavy atom. The Morgan fingerprint density at radius 2 is 2.20 bits per heavy atom. The van der Waals surface area contributed by atoms with Gasteiger partial charge >= 0.3 is 0 Å². The molecule has 0 saturated carbocycles. The lowest BCUT2D eigenvalue weighted by atomic mass is 10.3. The molecule has 0 amide bonds. The third kappa shape index (κ3) is 2.45. The Kier molecular flexibility index (Phi) is 3.65. The van der Waals surface area contributed by atoms with Crippen LogP contribution in [0.5, 0.6) is 0 Å². The van der Waals surface area contributed by atoms with Gasteiger partial charge in [0.25, 0.3) is 0 Å². The SMILES string of the molecule is CCC/N=C(/N)c1nnn(C(C)C)c1N. The zero-order chi connectivity index (χ0) is 11.4. The van der Waals surface area contributed by atoms with Crippen molar-refractivity contribution >= 4 is 11.7 Å². The van der Waals surface area contributed by atoms with Crippen LogP contribution in [0.1, 0.15) is 38.9 Å². The highest BCUT2D eigenvalue weighted by molar-refractivity contribution is 5.99. The first-order chi connectivity index (χ1) is 7.07. The summed E-state index contributed by atoms with van der Waals surface area (Å²) in [6, 6.07) is 0.172. The molecule has 0 saturated heterocycles. The molecule has 0 atom stereocenters. The van der Waals surface area contributed by atoms with E-state index in [4.69, 9.17) is 11.5 Å². The average Bonchev–Trinajstić information content (AvgIpc) is 2.56. The second kappa shape index (κ2) is 4.77. The lowest BCUT2D eigenvalue weighted by Gasteiger charge is -2.05. The minimum Gasteiger partial charge on any atom is -0.382 e. The van der Waals surface area contributed by atoms with E-state index in [1.165, 1.54) is 0 Å². The van der Waals surface area contributed by atoms with Gasteiger partial charge in [0.15, 0.2) is 17.3 Å². The molecule has 0 unspecified atom stereocenters. The predicted octanol–water partition coefficient (Wildman–Crippen LogP) is 0.556. The highest BCUT2D eigenvalue weighted by Gasteiger charge is 2.14. The predicted molar refractivity (Wildman–Crippen MR) is 60.7 cm³/mol. The monoisotopic (exact) mass is 210 g/mol. The Balaban J connectivity index is 2.96. The Morgan fingerprint density at radius 1 is 1.53 bits per heavy atom. The minimum atomic E-state index is 0.172. The molecule has 0 aliphatic heterocycles. The molecule has 1 heterocycles. The summed E-state index contributed by atoms with van der Waals surface area (Å²) in [5, 5.41) is 7.85. The standard InChI is InChI=1S/C9H18N6/c1-4-5-12-8(10)7-9(11)15(6(2)3)14-13-7/h6H,4-5,11H2,1-3H3,(H2,10,12). The highest BCUT2D eigenvalue weighted by atomic mass is 15.5. The van der Waals surface area contributed by atoms with Gasteiger partial charge in [0.05, 0.1) is 6.04 Å². The van der Waals surface area contributed by atoms with Crippen molar-refractivity contribution in [1.29, 1.82) is 0 Å². The van der Waals surface area contributed by atoms with Gasteiger partial charge in [0.2, 0.25) is 0 Å². The van der Waals surface area contributed by atoms with Crippen molar-refractivity contribution in [1.82, 2.24) is 15.0 Å². The quantitative estimate of drug-likeness (QED) is 0.560. The Bertz CT molecular complexity index is 351. The molecular weight excluding hydrogens is 192 g/mol. The summed E-state index contributed by atoms with van der Waals surface area (Å²) >= 11 is 0. The molecule has 4 N–H and O–H groups in total.